The molecule has 2 aliphatic rings. The van der Waals surface area contributed by atoms with Gasteiger partial charge >= 0.3 is 0 Å². The van der Waals surface area contributed by atoms with Crippen molar-refractivity contribution in [1.29, 1.82) is 0 Å². The molecule has 0 N–H and O–H groups in total. The van der Waals surface area contributed by atoms with Gasteiger partial charge in [0, 0.05) is 34.1 Å². The van der Waals surface area contributed by atoms with E-state index in [0.717, 1.165) is 58.5 Å². The molecule has 18 aromatic carbocycles. The quantitative estimate of drug-likeness (QED) is 0.0602. The molecule has 2 aliphatic carbocycles. The molecule has 4 nitrogen and oxygen atoms in total. The predicted molar refractivity (Wildman–Crippen MR) is 527 cm³/mol. The summed E-state index contributed by atoms with van der Waals surface area (Å²) in [5, 5.41) is 0. The van der Waals surface area contributed by atoms with E-state index < -0.39 is 10.8 Å². The van der Waals surface area contributed by atoms with Crippen LogP contribution in [0.3, 0.4) is 0 Å². The van der Waals surface area contributed by atoms with Crippen LogP contribution in [0.4, 0.5) is 34.1 Å². The fourth-order valence-electron chi connectivity index (χ4n) is 19.2. The van der Waals surface area contributed by atoms with E-state index >= 15 is 0 Å². The second-order valence-corrected chi connectivity index (χ2v) is 33.8. The maximum Gasteiger partial charge on any atom is 0.119 e. The number of ether oxygens (including phenoxy) is 2. The number of benzene rings is 18. The van der Waals surface area contributed by atoms with Crippen LogP contribution < -0.4 is 19.3 Å². The lowest BCUT2D eigenvalue weighted by molar-refractivity contribution is 0.306. The van der Waals surface area contributed by atoms with Crippen molar-refractivity contribution in [2.24, 2.45) is 0 Å². The molecule has 0 saturated heterocycles. The van der Waals surface area contributed by atoms with Crippen LogP contribution in [0.15, 0.2) is 449 Å². The van der Waals surface area contributed by atoms with Gasteiger partial charge in [-0.1, -0.05) is 391 Å². The Morgan fingerprint density at radius 1 is 0.230 bits per heavy atom. The van der Waals surface area contributed by atoms with Crippen molar-refractivity contribution in [3.8, 4) is 78.3 Å². The van der Waals surface area contributed by atoms with Gasteiger partial charge in [-0.3, -0.25) is 0 Å². The third kappa shape index (κ3) is 15.9. The minimum Gasteiger partial charge on any atom is -0.489 e. The van der Waals surface area contributed by atoms with Crippen molar-refractivity contribution >= 4 is 34.1 Å². The fraction of sp³-hybridized carbons (Fsp3) is 0.115. The number of rotatable bonds is 24. The summed E-state index contributed by atoms with van der Waals surface area (Å²) in [6.07, 6.45) is 2.26. The molecule has 0 aromatic heterocycles. The lowest BCUT2D eigenvalue weighted by Crippen LogP contribution is -2.29. The van der Waals surface area contributed by atoms with Crippen LogP contribution in [0.5, 0.6) is 11.5 Å². The lowest BCUT2D eigenvalue weighted by Gasteiger charge is -2.35. The molecular weight excluding hydrogens is 1530 g/mol. The Balaban J connectivity index is 0.000000165. The molecule has 0 radical (unpaired) electrons. The van der Waals surface area contributed by atoms with Crippen LogP contribution in [0.1, 0.15) is 130 Å². The SMILES string of the molecule is CCC(C)c1ccc(COc2ccc(C3(c4cc(C)cc(C)c4)c4ccccc4-c4ccc(N(c5ccc(-c6ccccc6)cc5)c5ccc(-c6ccccc6)cc5)cc43)cc2)cc1.CCC(C)c1ccc(COc2ccc(C3(c4ccccc4)c4ccccc4-c4ccc(N(c5ccc(-c6ccccc6)cc5)c5ccc(-c6ccccc6)cc5)cc43)cc2)cc1. The average molecular weight is 1630 g/mol. The zero-order valence-electron chi connectivity index (χ0n) is 72.4. The van der Waals surface area contributed by atoms with Gasteiger partial charge in [0.2, 0.25) is 0 Å². The Morgan fingerprint density at radius 3 is 0.825 bits per heavy atom. The maximum absolute atomic E-state index is 6.47. The van der Waals surface area contributed by atoms with Gasteiger partial charge in [-0.15, -0.1) is 0 Å². The van der Waals surface area contributed by atoms with E-state index in [1.54, 1.807) is 0 Å². The summed E-state index contributed by atoms with van der Waals surface area (Å²) in [4.78, 5) is 4.81. The minimum atomic E-state index is -0.594. The Kier molecular flexibility index (Phi) is 23.1. The number of hydrogen-bond acceptors (Lipinski definition) is 4. The van der Waals surface area contributed by atoms with E-state index in [9.17, 15) is 0 Å². The highest BCUT2D eigenvalue weighted by Crippen LogP contribution is 2.60. The Morgan fingerprint density at radius 2 is 0.500 bits per heavy atom. The summed E-state index contributed by atoms with van der Waals surface area (Å²) in [7, 11) is 0. The van der Waals surface area contributed by atoms with Gasteiger partial charge in [0.15, 0.2) is 0 Å². The molecule has 0 heterocycles. The first kappa shape index (κ1) is 80.9. The van der Waals surface area contributed by atoms with E-state index in [-0.39, 0.29) is 0 Å². The Bertz CT molecular complexity index is 6580. The van der Waals surface area contributed by atoms with E-state index in [0.29, 0.717) is 25.0 Å². The molecule has 0 amide bonds. The van der Waals surface area contributed by atoms with Crippen molar-refractivity contribution in [3.05, 3.63) is 527 Å². The monoisotopic (exact) mass is 1630 g/mol. The van der Waals surface area contributed by atoms with Gasteiger partial charge in [-0.25, -0.2) is 0 Å². The van der Waals surface area contributed by atoms with E-state index in [1.165, 1.54) is 145 Å². The first-order chi connectivity index (χ1) is 62.0. The third-order valence-corrected chi connectivity index (χ3v) is 26.1. The molecule has 612 valence electrons. The molecule has 0 saturated carbocycles. The summed E-state index contributed by atoms with van der Waals surface area (Å²) in [6, 6.07) is 164. The topological polar surface area (TPSA) is 24.9 Å². The highest BCUT2D eigenvalue weighted by molar-refractivity contribution is 5.93. The summed E-state index contributed by atoms with van der Waals surface area (Å²) in [5.41, 5.74) is 37.5. The molecule has 18 aromatic rings. The standard InChI is InChI=1S/C62H53NO.C60H49NO/c1-5-45(4)47-22-20-46(21-23-47)42-64-57-35-28-52(29-36-57)62(53-39-43(2)38-44(3)40-53)60-19-13-12-18-58(60)59-37-34-56(41-61(59)62)63(54-30-24-50(25-31-54)48-14-8-6-9-15-48)55-32-26-51(27-33-55)49-16-10-7-11-17-49;1-3-43(2)45-25-23-44(24-26-45)42-62-55-38-31-51(32-39-55)60(50-19-11-6-12-20-50)58-22-14-13-21-56(58)57-40-37-54(41-59(57)60)61(52-33-27-48(28-34-52)46-15-7-4-8-16-46)53-35-29-49(30-36-53)47-17-9-5-10-18-47/h6-41,45H,5,42H2,1-4H3;4-41,43H,3,42H2,1-2H3. The number of aryl methyl sites for hydroxylation is 2. The summed E-state index contributed by atoms with van der Waals surface area (Å²) >= 11 is 0. The average Bonchev–Trinajstić information content (AvgIpc) is 1.54. The Labute approximate surface area is 743 Å². The van der Waals surface area contributed by atoms with Gasteiger partial charge in [0.25, 0.3) is 0 Å². The number of nitrogens with zero attached hydrogens (tertiary/aromatic N) is 2. The largest absolute Gasteiger partial charge is 0.489 e. The molecule has 20 rings (SSSR count). The van der Waals surface area contributed by atoms with Crippen LogP contribution in [0.25, 0.3) is 66.8 Å². The predicted octanol–water partition coefficient (Wildman–Crippen LogP) is 32.5. The van der Waals surface area contributed by atoms with Gasteiger partial charge in [0.05, 0.1) is 10.8 Å². The molecule has 0 aliphatic heterocycles. The van der Waals surface area contributed by atoms with Crippen LogP contribution in [-0.2, 0) is 24.0 Å². The Hall–Kier alpha value is -14.8. The van der Waals surface area contributed by atoms with Gasteiger partial charge in [-0.05, 0) is 269 Å². The van der Waals surface area contributed by atoms with Gasteiger partial charge in [-0.2, -0.15) is 0 Å². The fourth-order valence-corrected chi connectivity index (χ4v) is 19.2. The first-order valence-corrected chi connectivity index (χ1v) is 44.5. The zero-order valence-corrected chi connectivity index (χ0v) is 72.4. The molecule has 0 fully saturated rings. The number of hydrogen-bond donors (Lipinski definition) is 0. The van der Waals surface area contributed by atoms with Crippen LogP contribution in [0, 0.1) is 13.8 Å². The highest BCUT2D eigenvalue weighted by atomic mass is 16.5. The van der Waals surface area contributed by atoms with E-state index in [1.807, 2.05) is 0 Å². The van der Waals surface area contributed by atoms with Crippen molar-refractivity contribution in [1.82, 2.24) is 0 Å². The van der Waals surface area contributed by atoms with E-state index in [2.05, 4.69) is 500 Å². The summed E-state index contributed by atoms with van der Waals surface area (Å²) < 4.78 is 12.9. The maximum atomic E-state index is 6.47. The van der Waals surface area contributed by atoms with Crippen molar-refractivity contribution in [2.75, 3.05) is 9.80 Å². The second-order valence-electron chi connectivity index (χ2n) is 33.8. The van der Waals surface area contributed by atoms with Crippen molar-refractivity contribution in [2.45, 2.75) is 90.3 Å². The van der Waals surface area contributed by atoms with Crippen molar-refractivity contribution < 1.29 is 9.47 Å². The van der Waals surface area contributed by atoms with Crippen LogP contribution in [0.2, 0.25) is 0 Å². The van der Waals surface area contributed by atoms with Gasteiger partial charge < -0.3 is 19.3 Å². The highest BCUT2D eigenvalue weighted by Gasteiger charge is 2.48. The minimum absolute atomic E-state index is 0.520. The normalized spacial score (nSPS) is 14.4. The molecule has 126 heavy (non-hydrogen) atoms. The second kappa shape index (κ2) is 35.9. The molecular formula is C122H102N2O2. The summed E-state index contributed by atoms with van der Waals surface area (Å²) in [5.74, 6) is 2.81. The molecule has 4 atom stereocenters. The van der Waals surface area contributed by atoms with Crippen LogP contribution in [-0.4, -0.2) is 0 Å². The molecule has 4 heteroatoms. The molecule has 0 spiro atoms. The number of anilines is 6. The van der Waals surface area contributed by atoms with Crippen molar-refractivity contribution in [3.63, 3.8) is 0 Å². The summed E-state index contributed by atoms with van der Waals surface area (Å²) in [6.45, 7) is 14.5. The number of fused-ring (bicyclic) bond motifs is 6. The lowest BCUT2D eigenvalue weighted by atomic mass is 9.67. The molecule has 4 unspecified atom stereocenters. The third-order valence-electron chi connectivity index (χ3n) is 26.1. The van der Waals surface area contributed by atoms with Gasteiger partial charge in [0.1, 0.15) is 24.7 Å². The zero-order chi connectivity index (χ0) is 85.5. The first-order valence-electron chi connectivity index (χ1n) is 44.5. The molecule has 0 bridgehead atoms. The van der Waals surface area contributed by atoms with Crippen LogP contribution >= 0.6 is 0 Å². The van der Waals surface area contributed by atoms with E-state index in [4.69, 9.17) is 9.47 Å². The smallest absolute Gasteiger partial charge is 0.119 e.